The van der Waals surface area contributed by atoms with Gasteiger partial charge in [-0.05, 0) is 24.2 Å². The molecule has 3 atom stereocenters. The van der Waals surface area contributed by atoms with Crippen LogP contribution in [0, 0.1) is 12.3 Å². The summed E-state index contributed by atoms with van der Waals surface area (Å²) in [5.41, 5.74) is 9.64. The molecule has 186 valence electrons. The Labute approximate surface area is 207 Å². The average molecular weight is 497 g/mol. The second kappa shape index (κ2) is 12.4. The van der Waals surface area contributed by atoms with Crippen molar-refractivity contribution in [1.29, 1.82) is 5.41 Å². The number of nitrogens with two attached hydrogens (primary N) is 1. The molecule has 0 aromatic heterocycles. The number of nitrogens with zero attached hydrogens (tertiary/aromatic N) is 1. The number of nitrogens with one attached hydrogen (secondary N) is 4. The number of rotatable bonds is 2. The highest BCUT2D eigenvalue weighted by atomic mass is 31.1. The highest BCUT2D eigenvalue weighted by Crippen LogP contribution is 2.41. The lowest BCUT2D eigenvalue weighted by Gasteiger charge is -2.25. The molecule has 2 aromatic carbocycles. The zero-order valence-corrected chi connectivity index (χ0v) is 21.1. The first-order chi connectivity index (χ1) is 16.7. The SMILES string of the molecule is CN1CC(=O)NCC(=O)NCc2ccccc2CNC(C2CP2)C1=O.Cc1ccc(C(=N)N)cc1. The third kappa shape index (κ3) is 8.16. The van der Waals surface area contributed by atoms with E-state index in [0.717, 1.165) is 31.4 Å². The minimum absolute atomic E-state index is 0.0449. The van der Waals surface area contributed by atoms with Crippen molar-refractivity contribution in [3.05, 3.63) is 70.8 Å². The second-order valence-corrected chi connectivity index (χ2v) is 10.2. The van der Waals surface area contributed by atoms with Crippen molar-refractivity contribution in [2.45, 2.75) is 31.7 Å². The summed E-state index contributed by atoms with van der Waals surface area (Å²) in [7, 11) is 2.42. The molecule has 10 heteroatoms. The van der Waals surface area contributed by atoms with Gasteiger partial charge in [-0.25, -0.2) is 0 Å². The predicted octanol–water partition coefficient (Wildman–Crippen LogP) is 0.689. The molecule has 2 aliphatic rings. The molecule has 0 spiro atoms. The fourth-order valence-electron chi connectivity index (χ4n) is 3.58. The molecule has 2 aromatic rings. The fraction of sp³-hybridized carbons (Fsp3) is 0.360. The molecule has 0 aliphatic carbocycles. The van der Waals surface area contributed by atoms with Crippen LogP contribution in [0.5, 0.6) is 0 Å². The first kappa shape index (κ1) is 26.3. The molecule has 0 bridgehead atoms. The molecule has 3 unspecified atom stereocenters. The Hall–Kier alpha value is -3.29. The molecule has 0 saturated carbocycles. The summed E-state index contributed by atoms with van der Waals surface area (Å²) in [6, 6.07) is 15.2. The summed E-state index contributed by atoms with van der Waals surface area (Å²) in [5, 5.41) is 15.8. The summed E-state index contributed by atoms with van der Waals surface area (Å²) in [6.07, 6.45) is 1.06. The molecule has 35 heavy (non-hydrogen) atoms. The number of likely N-dealkylation sites (N-methyl/N-ethyl adjacent to an activating group) is 1. The van der Waals surface area contributed by atoms with Gasteiger partial charge in [0.1, 0.15) is 5.84 Å². The fourth-order valence-corrected chi connectivity index (χ4v) is 4.45. The zero-order chi connectivity index (χ0) is 25.4. The molecule has 3 amide bonds. The van der Waals surface area contributed by atoms with Crippen LogP contribution in [0.3, 0.4) is 0 Å². The number of carbonyl (C=O) groups is 3. The van der Waals surface area contributed by atoms with E-state index in [9.17, 15) is 14.4 Å². The Morgan fingerprint density at radius 3 is 2.17 bits per heavy atom. The van der Waals surface area contributed by atoms with E-state index in [0.29, 0.717) is 18.7 Å². The van der Waals surface area contributed by atoms with E-state index in [2.05, 4.69) is 16.0 Å². The summed E-state index contributed by atoms with van der Waals surface area (Å²) in [6.45, 7) is 2.83. The number of amides is 3. The van der Waals surface area contributed by atoms with Crippen LogP contribution < -0.4 is 21.7 Å². The van der Waals surface area contributed by atoms with Gasteiger partial charge < -0.3 is 26.6 Å². The van der Waals surface area contributed by atoms with Crippen molar-refractivity contribution in [3.8, 4) is 0 Å². The van der Waals surface area contributed by atoms with E-state index < -0.39 is 0 Å². The maximum atomic E-state index is 12.7. The predicted molar refractivity (Wildman–Crippen MR) is 139 cm³/mol. The van der Waals surface area contributed by atoms with Crippen molar-refractivity contribution in [2.75, 3.05) is 26.3 Å². The average Bonchev–Trinajstić information content (AvgIpc) is 3.67. The van der Waals surface area contributed by atoms with Gasteiger partial charge in [0.15, 0.2) is 0 Å². The maximum absolute atomic E-state index is 12.7. The second-order valence-electron chi connectivity index (χ2n) is 8.67. The number of amidine groups is 1. The van der Waals surface area contributed by atoms with Crippen LogP contribution in [-0.2, 0) is 27.5 Å². The van der Waals surface area contributed by atoms with Crippen molar-refractivity contribution in [2.24, 2.45) is 5.73 Å². The van der Waals surface area contributed by atoms with Gasteiger partial charge >= 0.3 is 0 Å². The third-order valence-electron chi connectivity index (χ3n) is 5.78. The Morgan fingerprint density at radius 2 is 1.57 bits per heavy atom. The van der Waals surface area contributed by atoms with Crippen LogP contribution >= 0.6 is 8.58 Å². The van der Waals surface area contributed by atoms with Crippen LogP contribution in [0.4, 0.5) is 0 Å². The summed E-state index contributed by atoms with van der Waals surface area (Å²) in [4.78, 5) is 38.0. The summed E-state index contributed by atoms with van der Waals surface area (Å²) in [5.74, 6) is -0.524. The highest BCUT2D eigenvalue weighted by molar-refractivity contribution is 7.47. The lowest BCUT2D eigenvalue weighted by molar-refractivity contribution is -0.136. The molecule has 4 rings (SSSR count). The monoisotopic (exact) mass is 496 g/mol. The van der Waals surface area contributed by atoms with Gasteiger partial charge in [-0.1, -0.05) is 54.1 Å². The number of hydrogen-bond acceptors (Lipinski definition) is 5. The van der Waals surface area contributed by atoms with Gasteiger partial charge in [-0.15, -0.1) is 8.58 Å². The molecule has 9 nitrogen and oxygen atoms in total. The lowest BCUT2D eigenvalue weighted by Crippen LogP contribution is -2.51. The maximum Gasteiger partial charge on any atom is 0.240 e. The molecule has 6 N–H and O–H groups in total. The van der Waals surface area contributed by atoms with Crippen molar-refractivity contribution in [1.82, 2.24) is 20.9 Å². The van der Waals surface area contributed by atoms with Crippen LogP contribution in [0.2, 0.25) is 0 Å². The molecule has 2 aliphatic heterocycles. The van der Waals surface area contributed by atoms with Crippen LogP contribution in [0.1, 0.15) is 22.3 Å². The minimum atomic E-state index is -0.333. The number of benzene rings is 2. The van der Waals surface area contributed by atoms with Gasteiger partial charge in [0.2, 0.25) is 17.7 Å². The van der Waals surface area contributed by atoms with Gasteiger partial charge in [0.05, 0.1) is 19.1 Å². The number of hydrogen-bond donors (Lipinski definition) is 5. The van der Waals surface area contributed by atoms with Gasteiger partial charge in [-0.3, -0.25) is 19.8 Å². The lowest BCUT2D eigenvalue weighted by atomic mass is 10.1. The topological polar surface area (TPSA) is 140 Å². The van der Waals surface area contributed by atoms with Crippen molar-refractivity contribution in [3.63, 3.8) is 0 Å². The molecular weight excluding hydrogens is 463 g/mol. The van der Waals surface area contributed by atoms with E-state index in [-0.39, 0.29) is 42.7 Å². The molecule has 1 saturated heterocycles. The van der Waals surface area contributed by atoms with Crippen LogP contribution in [0.25, 0.3) is 0 Å². The Morgan fingerprint density at radius 1 is 0.971 bits per heavy atom. The van der Waals surface area contributed by atoms with Crippen molar-refractivity contribution < 1.29 is 14.4 Å². The third-order valence-corrected chi connectivity index (χ3v) is 6.99. The first-order valence-corrected chi connectivity index (χ1v) is 12.8. The molecule has 1 fully saturated rings. The smallest absolute Gasteiger partial charge is 0.240 e. The minimum Gasteiger partial charge on any atom is -0.384 e. The number of nitrogen functional groups attached to an aromatic ring is 1. The largest absolute Gasteiger partial charge is 0.384 e. The Bertz CT molecular complexity index is 1070. The Kier molecular flexibility index (Phi) is 9.34. The molecule has 0 radical (unpaired) electrons. The van der Waals surface area contributed by atoms with Gasteiger partial charge in [-0.2, -0.15) is 0 Å². The zero-order valence-electron chi connectivity index (χ0n) is 20.1. The number of fused-ring (bicyclic) bond motifs is 1. The van der Waals surface area contributed by atoms with Crippen molar-refractivity contribution >= 4 is 32.1 Å². The van der Waals surface area contributed by atoms with E-state index in [4.69, 9.17) is 11.1 Å². The molecular formula is C25H33N6O3P. The normalized spacial score (nSPS) is 21.5. The first-order valence-electron chi connectivity index (χ1n) is 11.5. The van der Waals surface area contributed by atoms with Gasteiger partial charge in [0, 0.05) is 31.4 Å². The van der Waals surface area contributed by atoms with E-state index in [1.165, 1.54) is 10.5 Å². The summed E-state index contributed by atoms with van der Waals surface area (Å²) < 4.78 is 0. The molecule has 2 heterocycles. The number of carbonyl (C=O) groups excluding carboxylic acids is 3. The summed E-state index contributed by atoms with van der Waals surface area (Å²) >= 11 is 0. The standard InChI is InChI=1S/C17H23N4O3P.C8H10N2/c1-21-9-15(23)19-8-14(22)18-6-11-4-2-3-5-12(11)7-20-16(17(21)24)13-10-25-13;1-6-2-4-7(5-3-6)8(9)10/h2-5,13,16,20,25H,6-10H2,1H3,(H,18,22)(H,19,23);2-5H,1H3,(H3,9,10). The quantitative estimate of drug-likeness (QED) is 0.236. The van der Waals surface area contributed by atoms with E-state index in [1.807, 2.05) is 55.5 Å². The Balaban J connectivity index is 0.000000287. The van der Waals surface area contributed by atoms with Crippen LogP contribution in [-0.4, -0.2) is 66.5 Å². The van der Waals surface area contributed by atoms with Gasteiger partial charge in [0.25, 0.3) is 0 Å². The van der Waals surface area contributed by atoms with E-state index in [1.54, 1.807) is 7.05 Å². The van der Waals surface area contributed by atoms with Crippen LogP contribution in [0.15, 0.2) is 48.5 Å². The van der Waals surface area contributed by atoms with E-state index >= 15 is 0 Å². The highest BCUT2D eigenvalue weighted by Gasteiger charge is 2.37. The number of aryl methyl sites for hydroxylation is 1.